The van der Waals surface area contributed by atoms with Gasteiger partial charge in [-0.1, -0.05) is 23.7 Å². The van der Waals surface area contributed by atoms with Crippen molar-refractivity contribution in [3.05, 3.63) is 59.2 Å². The highest BCUT2D eigenvalue weighted by Gasteiger charge is 2.32. The lowest BCUT2D eigenvalue weighted by molar-refractivity contribution is -0.153. The summed E-state index contributed by atoms with van der Waals surface area (Å²) in [6.45, 7) is 0.438. The number of nitrogens with one attached hydrogen (secondary N) is 1. The number of benzene rings is 2. The Morgan fingerprint density at radius 3 is 2.43 bits per heavy atom. The van der Waals surface area contributed by atoms with E-state index < -0.39 is 24.5 Å². The first-order valence-corrected chi connectivity index (χ1v) is 10.5. The summed E-state index contributed by atoms with van der Waals surface area (Å²) < 4.78 is 82.5. The summed E-state index contributed by atoms with van der Waals surface area (Å²) in [7, 11) is 0. The lowest BCUT2D eigenvalue weighted by Crippen LogP contribution is -2.20. The number of aromatic amines is 1. The largest absolute Gasteiger partial charge is 0.483 e. The number of fused-ring (bicyclic) bond motifs is 1. The molecule has 0 unspecified atom stereocenters. The van der Waals surface area contributed by atoms with Crippen molar-refractivity contribution in [1.29, 1.82) is 0 Å². The molecule has 0 aliphatic rings. The number of rotatable bonds is 6. The molecule has 2 aromatic heterocycles. The summed E-state index contributed by atoms with van der Waals surface area (Å²) in [4.78, 5) is 10.4. The van der Waals surface area contributed by atoms with Gasteiger partial charge in [-0.3, -0.25) is 5.10 Å². The summed E-state index contributed by atoms with van der Waals surface area (Å²) in [5.74, 6) is -0.00957. The summed E-state index contributed by atoms with van der Waals surface area (Å²) in [5.41, 5.74) is 0.414. The second-order valence-corrected chi connectivity index (χ2v) is 7.72. The molecule has 0 atom stereocenters. The zero-order valence-electron chi connectivity index (χ0n) is 17.9. The Bertz CT molecular complexity index is 1350. The van der Waals surface area contributed by atoms with Gasteiger partial charge in [0.25, 0.3) is 0 Å². The minimum atomic E-state index is -4.57. The van der Waals surface area contributed by atoms with Crippen molar-refractivity contribution in [2.24, 2.45) is 0 Å². The van der Waals surface area contributed by atoms with Gasteiger partial charge in [0.05, 0.1) is 22.5 Å². The van der Waals surface area contributed by atoms with Crippen LogP contribution in [-0.4, -0.2) is 39.5 Å². The summed E-state index contributed by atoms with van der Waals surface area (Å²) in [6.07, 6.45) is -7.73. The van der Waals surface area contributed by atoms with Gasteiger partial charge in [0, 0.05) is 12.1 Å². The third-order valence-corrected chi connectivity index (χ3v) is 5.25. The van der Waals surface area contributed by atoms with Crippen molar-refractivity contribution >= 4 is 34.3 Å². The lowest BCUT2D eigenvalue weighted by Gasteiger charge is -2.23. The van der Waals surface area contributed by atoms with E-state index in [-0.39, 0.29) is 40.2 Å². The molecule has 35 heavy (non-hydrogen) atoms. The number of anilines is 2. The molecular formula is C22H16ClF6N5O. The molecule has 4 rings (SSSR count). The molecule has 0 amide bonds. The fourth-order valence-corrected chi connectivity index (χ4v) is 3.69. The van der Waals surface area contributed by atoms with E-state index in [1.165, 1.54) is 35.4 Å². The van der Waals surface area contributed by atoms with Crippen LogP contribution in [0.5, 0.6) is 5.75 Å². The number of halogens is 7. The smallest absolute Gasteiger partial charge is 0.422 e. The average Bonchev–Trinajstić information content (AvgIpc) is 3.26. The van der Waals surface area contributed by atoms with E-state index in [0.29, 0.717) is 11.0 Å². The first-order chi connectivity index (χ1) is 16.5. The molecule has 184 valence electrons. The van der Waals surface area contributed by atoms with Crippen LogP contribution in [-0.2, 0) is 6.18 Å². The van der Waals surface area contributed by atoms with E-state index in [1.54, 1.807) is 13.0 Å². The highest BCUT2D eigenvalue weighted by molar-refractivity contribution is 6.33. The van der Waals surface area contributed by atoms with Gasteiger partial charge in [-0.05, 0) is 37.3 Å². The minimum absolute atomic E-state index is 0.0590. The van der Waals surface area contributed by atoms with Crippen LogP contribution in [0.1, 0.15) is 12.5 Å². The zero-order chi connectivity index (χ0) is 25.4. The van der Waals surface area contributed by atoms with Crippen LogP contribution in [0.2, 0.25) is 5.02 Å². The maximum Gasteiger partial charge on any atom is 0.422 e. The van der Waals surface area contributed by atoms with Crippen LogP contribution in [0.4, 0.5) is 38.0 Å². The molecule has 0 aliphatic heterocycles. The van der Waals surface area contributed by atoms with E-state index in [4.69, 9.17) is 16.3 Å². The number of para-hydroxylation sites is 1. The number of alkyl halides is 6. The van der Waals surface area contributed by atoms with Crippen LogP contribution in [0.3, 0.4) is 0 Å². The number of hydrogen-bond donors (Lipinski definition) is 1. The number of nitrogens with zero attached hydrogens (tertiary/aromatic N) is 4. The number of ether oxygens (including phenoxy) is 1. The van der Waals surface area contributed by atoms with Gasteiger partial charge < -0.3 is 9.64 Å². The van der Waals surface area contributed by atoms with Crippen molar-refractivity contribution < 1.29 is 31.1 Å². The van der Waals surface area contributed by atoms with E-state index in [9.17, 15) is 26.3 Å². The van der Waals surface area contributed by atoms with Gasteiger partial charge in [0.2, 0.25) is 5.95 Å². The highest BCUT2D eigenvalue weighted by Crippen LogP contribution is 2.39. The molecule has 13 heteroatoms. The van der Waals surface area contributed by atoms with E-state index >= 15 is 0 Å². The molecule has 2 heterocycles. The van der Waals surface area contributed by atoms with Crippen LogP contribution >= 0.6 is 11.6 Å². The molecule has 0 radical (unpaired) electrons. The molecule has 4 aromatic rings. The molecule has 0 fully saturated rings. The van der Waals surface area contributed by atoms with Crippen LogP contribution in [0.15, 0.2) is 48.7 Å². The quantitative estimate of drug-likeness (QED) is 0.286. The van der Waals surface area contributed by atoms with Gasteiger partial charge in [-0.25, -0.2) is 9.97 Å². The van der Waals surface area contributed by atoms with Gasteiger partial charge in [-0.2, -0.15) is 31.4 Å². The molecule has 0 saturated carbocycles. The topological polar surface area (TPSA) is 66.9 Å². The Morgan fingerprint density at radius 1 is 1.03 bits per heavy atom. The average molecular weight is 516 g/mol. The Hall–Kier alpha value is -3.54. The summed E-state index contributed by atoms with van der Waals surface area (Å²) in [6, 6.07) is 8.91. The lowest BCUT2D eigenvalue weighted by atomic mass is 10.1. The predicted molar refractivity (Wildman–Crippen MR) is 118 cm³/mol. The predicted octanol–water partition coefficient (Wildman–Crippen LogP) is 6.79. The van der Waals surface area contributed by atoms with Crippen molar-refractivity contribution in [2.45, 2.75) is 19.3 Å². The van der Waals surface area contributed by atoms with E-state index in [2.05, 4.69) is 20.2 Å². The third-order valence-electron chi connectivity index (χ3n) is 4.95. The Balaban J connectivity index is 1.83. The van der Waals surface area contributed by atoms with Crippen molar-refractivity contribution in [3.8, 4) is 17.0 Å². The molecular weight excluding hydrogens is 500 g/mol. The second-order valence-electron chi connectivity index (χ2n) is 7.31. The molecule has 0 spiro atoms. The SMILES string of the molecule is CCN(c1nc(-c2ccccc2OCC(F)(F)F)c2[nH]ncc2n1)c1ccc(C(F)(F)F)cc1Cl. The maximum absolute atomic E-state index is 13.1. The summed E-state index contributed by atoms with van der Waals surface area (Å²) >= 11 is 6.18. The Morgan fingerprint density at radius 2 is 1.77 bits per heavy atom. The van der Waals surface area contributed by atoms with Gasteiger partial charge in [0.15, 0.2) is 6.61 Å². The minimum Gasteiger partial charge on any atom is -0.483 e. The normalized spacial score (nSPS) is 12.2. The van der Waals surface area contributed by atoms with E-state index in [0.717, 1.165) is 12.1 Å². The molecule has 0 saturated heterocycles. The zero-order valence-corrected chi connectivity index (χ0v) is 18.6. The van der Waals surface area contributed by atoms with Gasteiger partial charge in [-0.15, -0.1) is 0 Å². The fraction of sp³-hybridized carbons (Fsp3) is 0.227. The first kappa shape index (κ1) is 24.6. The monoisotopic (exact) mass is 515 g/mol. The van der Waals surface area contributed by atoms with Crippen LogP contribution in [0.25, 0.3) is 22.3 Å². The molecule has 0 aliphatic carbocycles. The molecule has 1 N–H and O–H groups in total. The van der Waals surface area contributed by atoms with Crippen molar-refractivity contribution in [3.63, 3.8) is 0 Å². The number of aromatic nitrogens is 4. The fourth-order valence-electron chi connectivity index (χ4n) is 3.41. The Labute approximate surface area is 199 Å². The second kappa shape index (κ2) is 9.25. The van der Waals surface area contributed by atoms with Gasteiger partial charge in [0.1, 0.15) is 22.5 Å². The van der Waals surface area contributed by atoms with Gasteiger partial charge >= 0.3 is 12.4 Å². The number of hydrogen-bond acceptors (Lipinski definition) is 5. The maximum atomic E-state index is 13.1. The van der Waals surface area contributed by atoms with Crippen LogP contribution < -0.4 is 9.64 Å². The standard InChI is InChI=1S/C22H16ClF6N5O/c1-2-34(16-8-7-12(9-14(16)23)22(27,28)29)20-31-15-10-30-33-19(15)18(32-20)13-5-3-4-6-17(13)35-11-21(24,25)26/h3-10H,2,11H2,1H3,(H,30,33). The third kappa shape index (κ3) is 5.26. The van der Waals surface area contributed by atoms with Crippen molar-refractivity contribution in [2.75, 3.05) is 18.1 Å². The highest BCUT2D eigenvalue weighted by atomic mass is 35.5. The molecule has 0 bridgehead atoms. The van der Waals surface area contributed by atoms with Crippen molar-refractivity contribution in [1.82, 2.24) is 20.2 Å². The first-order valence-electron chi connectivity index (χ1n) is 10.1. The number of H-pyrrole nitrogens is 1. The summed E-state index contributed by atoms with van der Waals surface area (Å²) in [5, 5.41) is 6.49. The molecule has 6 nitrogen and oxygen atoms in total. The molecule has 2 aromatic carbocycles. The van der Waals surface area contributed by atoms with Crippen LogP contribution in [0, 0.1) is 0 Å². The Kier molecular flexibility index (Phi) is 6.50. The van der Waals surface area contributed by atoms with E-state index in [1.807, 2.05) is 0 Å².